The molecule has 0 aliphatic heterocycles. The van der Waals surface area contributed by atoms with Crippen LogP contribution in [0.4, 0.5) is 0 Å². The molecule has 3 nitrogen and oxygen atoms in total. The van der Waals surface area contributed by atoms with Crippen molar-refractivity contribution in [2.24, 2.45) is 0 Å². The Balaban J connectivity index is 1.31. The Kier molecular flexibility index (Phi) is 4.49. The Labute approximate surface area is 208 Å². The third kappa shape index (κ3) is 3.14. The molecule has 164 valence electrons. The predicted molar refractivity (Wildman–Crippen MR) is 146 cm³/mol. The second-order valence-electron chi connectivity index (χ2n) is 8.51. The maximum atomic E-state index is 6.18. The summed E-state index contributed by atoms with van der Waals surface area (Å²) in [7, 11) is 0. The Morgan fingerprint density at radius 3 is 2.00 bits per heavy atom. The molecular formula is C28H18N2OS3. The van der Waals surface area contributed by atoms with Crippen molar-refractivity contribution in [3.05, 3.63) is 83.2 Å². The SMILES string of the molecule is Cc1ccc2c(c1)oc1cc(-c3ccc(-c4ccc(-c5ccc(C)s5)c5nsnc45)s3)ccc12. The summed E-state index contributed by atoms with van der Waals surface area (Å²) in [6.45, 7) is 4.23. The second-order valence-corrected chi connectivity index (χ2v) is 11.4. The molecule has 0 N–H and O–H groups in total. The average Bonchev–Trinajstić information content (AvgIpc) is 3.62. The van der Waals surface area contributed by atoms with Crippen molar-refractivity contribution in [1.82, 2.24) is 8.75 Å². The molecule has 0 radical (unpaired) electrons. The molecule has 0 spiro atoms. The van der Waals surface area contributed by atoms with Crippen molar-refractivity contribution in [3.63, 3.8) is 0 Å². The first-order chi connectivity index (χ1) is 16.6. The Bertz CT molecular complexity index is 1850. The summed E-state index contributed by atoms with van der Waals surface area (Å²) in [5.41, 5.74) is 8.50. The fourth-order valence-corrected chi connectivity index (χ4v) is 7.01. The van der Waals surface area contributed by atoms with Gasteiger partial charge in [-0.15, -0.1) is 22.7 Å². The van der Waals surface area contributed by atoms with E-state index in [0.29, 0.717) is 0 Å². The van der Waals surface area contributed by atoms with E-state index in [-0.39, 0.29) is 0 Å². The number of benzene rings is 3. The van der Waals surface area contributed by atoms with E-state index in [9.17, 15) is 0 Å². The van der Waals surface area contributed by atoms with Crippen LogP contribution in [0.2, 0.25) is 0 Å². The van der Waals surface area contributed by atoms with Gasteiger partial charge >= 0.3 is 0 Å². The van der Waals surface area contributed by atoms with Crippen LogP contribution in [0, 0.1) is 13.8 Å². The van der Waals surface area contributed by atoms with Crippen molar-refractivity contribution in [2.45, 2.75) is 13.8 Å². The number of furan rings is 1. The summed E-state index contributed by atoms with van der Waals surface area (Å²) in [5.74, 6) is 0. The van der Waals surface area contributed by atoms with E-state index >= 15 is 0 Å². The van der Waals surface area contributed by atoms with Crippen LogP contribution >= 0.6 is 34.4 Å². The van der Waals surface area contributed by atoms with Crippen molar-refractivity contribution in [1.29, 1.82) is 0 Å². The average molecular weight is 495 g/mol. The van der Waals surface area contributed by atoms with Crippen LogP contribution in [0.15, 0.2) is 77.2 Å². The second kappa shape index (κ2) is 7.60. The zero-order chi connectivity index (χ0) is 22.8. The maximum absolute atomic E-state index is 6.18. The first kappa shape index (κ1) is 20.1. The van der Waals surface area contributed by atoms with Gasteiger partial charge in [0, 0.05) is 41.4 Å². The van der Waals surface area contributed by atoms with Gasteiger partial charge in [0.1, 0.15) is 22.2 Å². The molecule has 3 aromatic carbocycles. The lowest BCUT2D eigenvalue weighted by molar-refractivity contribution is 0.669. The first-order valence-corrected chi connectivity index (χ1v) is 13.4. The molecule has 7 rings (SSSR count). The molecule has 4 aromatic heterocycles. The van der Waals surface area contributed by atoms with Gasteiger partial charge in [-0.1, -0.05) is 30.3 Å². The van der Waals surface area contributed by atoms with Crippen LogP contribution < -0.4 is 0 Å². The van der Waals surface area contributed by atoms with E-state index < -0.39 is 0 Å². The fourth-order valence-electron chi connectivity index (χ4n) is 4.52. The molecule has 0 unspecified atom stereocenters. The van der Waals surface area contributed by atoms with E-state index in [4.69, 9.17) is 4.42 Å². The van der Waals surface area contributed by atoms with Gasteiger partial charge in [-0.05, 0) is 67.4 Å². The maximum Gasteiger partial charge on any atom is 0.136 e. The van der Waals surface area contributed by atoms with E-state index in [2.05, 4.69) is 95.4 Å². The number of hydrogen-bond donors (Lipinski definition) is 0. The monoisotopic (exact) mass is 494 g/mol. The van der Waals surface area contributed by atoms with Crippen molar-refractivity contribution in [3.8, 4) is 31.3 Å². The van der Waals surface area contributed by atoms with E-state index in [1.54, 1.807) is 22.7 Å². The molecule has 0 atom stereocenters. The molecule has 0 saturated carbocycles. The molecular weight excluding hydrogens is 477 g/mol. The van der Waals surface area contributed by atoms with Crippen molar-refractivity contribution >= 4 is 67.4 Å². The summed E-state index contributed by atoms with van der Waals surface area (Å²) in [4.78, 5) is 4.95. The zero-order valence-electron chi connectivity index (χ0n) is 18.5. The molecule has 0 aliphatic carbocycles. The first-order valence-electron chi connectivity index (χ1n) is 11.0. The minimum Gasteiger partial charge on any atom is -0.456 e. The number of fused-ring (bicyclic) bond motifs is 4. The Morgan fingerprint density at radius 2 is 1.26 bits per heavy atom. The van der Waals surface area contributed by atoms with Crippen LogP contribution in [-0.4, -0.2) is 8.75 Å². The molecule has 34 heavy (non-hydrogen) atoms. The normalized spacial score (nSPS) is 11.8. The molecule has 0 fully saturated rings. The third-order valence-corrected chi connectivity index (χ3v) is 8.94. The standard InChI is InChI=1S/C28H18N2OS3/c1-15-3-6-18-19-7-5-17(14-23(19)31-22(18)13-15)24-11-12-26(33-24)21-9-8-20(25-10-4-16(2)32-25)27-28(21)30-34-29-27/h3-14H,1-2H3. The lowest BCUT2D eigenvalue weighted by Crippen LogP contribution is -1.81. The molecule has 4 heterocycles. The van der Waals surface area contributed by atoms with Gasteiger partial charge in [0.2, 0.25) is 0 Å². The van der Waals surface area contributed by atoms with Gasteiger partial charge in [0.15, 0.2) is 0 Å². The van der Waals surface area contributed by atoms with Gasteiger partial charge in [0.25, 0.3) is 0 Å². The summed E-state index contributed by atoms with van der Waals surface area (Å²) in [6, 6.07) is 26.0. The number of nitrogens with zero attached hydrogens (tertiary/aromatic N) is 2. The molecule has 6 heteroatoms. The van der Waals surface area contributed by atoms with Gasteiger partial charge in [0.05, 0.1) is 11.7 Å². The van der Waals surface area contributed by atoms with E-state index in [0.717, 1.165) is 44.3 Å². The lowest BCUT2D eigenvalue weighted by atomic mass is 10.1. The third-order valence-electron chi connectivity index (χ3n) is 6.21. The van der Waals surface area contributed by atoms with Gasteiger partial charge in [-0.25, -0.2) is 0 Å². The fraction of sp³-hybridized carbons (Fsp3) is 0.0714. The number of rotatable bonds is 3. The summed E-state index contributed by atoms with van der Waals surface area (Å²) in [5, 5.41) is 2.32. The number of aromatic nitrogens is 2. The molecule has 0 bridgehead atoms. The van der Waals surface area contributed by atoms with Crippen LogP contribution in [0.3, 0.4) is 0 Å². The highest BCUT2D eigenvalue weighted by Gasteiger charge is 2.16. The zero-order valence-corrected chi connectivity index (χ0v) is 20.9. The van der Waals surface area contributed by atoms with E-state index in [1.165, 1.54) is 42.2 Å². The Hall–Kier alpha value is -3.32. The smallest absolute Gasteiger partial charge is 0.136 e. The molecule has 7 aromatic rings. The van der Waals surface area contributed by atoms with Gasteiger partial charge < -0.3 is 4.42 Å². The minimum absolute atomic E-state index is 0.926. The highest BCUT2D eigenvalue weighted by molar-refractivity contribution is 7.19. The molecule has 0 aliphatic rings. The highest BCUT2D eigenvalue weighted by atomic mass is 32.1. The topological polar surface area (TPSA) is 38.9 Å². The van der Waals surface area contributed by atoms with Crippen molar-refractivity contribution < 1.29 is 4.42 Å². The van der Waals surface area contributed by atoms with Gasteiger partial charge in [-0.2, -0.15) is 8.75 Å². The number of aryl methyl sites for hydroxylation is 2. The summed E-state index contributed by atoms with van der Waals surface area (Å²) in [6.07, 6.45) is 0. The molecule has 0 saturated heterocycles. The minimum atomic E-state index is 0.926. The highest BCUT2D eigenvalue weighted by Crippen LogP contribution is 2.42. The largest absolute Gasteiger partial charge is 0.456 e. The Morgan fingerprint density at radius 1 is 0.618 bits per heavy atom. The number of hydrogen-bond acceptors (Lipinski definition) is 6. The summed E-state index contributed by atoms with van der Waals surface area (Å²) < 4.78 is 15.5. The number of thiophene rings is 2. The van der Waals surface area contributed by atoms with E-state index in [1.807, 2.05) is 0 Å². The van der Waals surface area contributed by atoms with Crippen molar-refractivity contribution in [2.75, 3.05) is 0 Å². The summed E-state index contributed by atoms with van der Waals surface area (Å²) >= 11 is 4.86. The van der Waals surface area contributed by atoms with Crippen LogP contribution in [0.25, 0.3) is 64.3 Å². The van der Waals surface area contributed by atoms with Gasteiger partial charge in [-0.3, -0.25) is 0 Å². The van der Waals surface area contributed by atoms with Crippen LogP contribution in [0.1, 0.15) is 10.4 Å². The lowest BCUT2D eigenvalue weighted by Gasteiger charge is -2.03. The van der Waals surface area contributed by atoms with Crippen LogP contribution in [-0.2, 0) is 0 Å². The molecule has 0 amide bonds. The predicted octanol–water partition coefficient (Wildman–Crippen LogP) is 9.33. The quantitative estimate of drug-likeness (QED) is 0.246. The van der Waals surface area contributed by atoms with Crippen LogP contribution in [0.5, 0.6) is 0 Å².